The first-order valence-electron chi connectivity index (χ1n) is 14.1. The summed E-state index contributed by atoms with van der Waals surface area (Å²) in [6.07, 6.45) is -4.70. The number of alkyl halides is 3. The fourth-order valence-electron chi connectivity index (χ4n) is 4.62. The lowest BCUT2D eigenvalue weighted by molar-refractivity contribution is -0.141. The van der Waals surface area contributed by atoms with E-state index in [4.69, 9.17) is 24.7 Å². The van der Waals surface area contributed by atoms with Crippen molar-refractivity contribution in [1.82, 2.24) is 24.9 Å². The normalized spacial score (nSPS) is 12.1. The van der Waals surface area contributed by atoms with E-state index in [0.717, 1.165) is 6.07 Å². The maximum atomic E-state index is 13.8. The van der Waals surface area contributed by atoms with Gasteiger partial charge < -0.3 is 40.3 Å². The van der Waals surface area contributed by atoms with Gasteiger partial charge in [0.05, 0.1) is 32.0 Å². The second kappa shape index (κ2) is 13.8. The molecule has 47 heavy (non-hydrogen) atoms. The molecule has 2 aromatic carbocycles. The number of nitrogens with one attached hydrogen (secondary N) is 3. The molecule has 3 aromatic heterocycles. The number of ether oxygens (including phenoxy) is 4. The average molecular weight is 653 g/mol. The van der Waals surface area contributed by atoms with E-state index >= 15 is 0 Å². The van der Waals surface area contributed by atoms with Crippen LogP contribution in [0.4, 0.5) is 30.8 Å². The molecule has 5 rings (SSSR count). The van der Waals surface area contributed by atoms with Gasteiger partial charge in [-0.3, -0.25) is 4.79 Å². The van der Waals surface area contributed by atoms with Crippen LogP contribution in [-0.4, -0.2) is 58.9 Å². The number of H-pyrrole nitrogens is 1. The van der Waals surface area contributed by atoms with Crippen LogP contribution in [0.3, 0.4) is 0 Å². The van der Waals surface area contributed by atoms with Gasteiger partial charge in [-0.25, -0.2) is 15.0 Å². The third-order valence-corrected chi connectivity index (χ3v) is 6.79. The molecule has 0 aliphatic rings. The van der Waals surface area contributed by atoms with E-state index < -0.39 is 17.4 Å². The van der Waals surface area contributed by atoms with Gasteiger partial charge in [-0.15, -0.1) is 0 Å². The Balaban J connectivity index is 1.59. The quantitative estimate of drug-likeness (QED) is 0.138. The number of para-hydroxylation sites is 1. The number of hydrogen-bond acceptors (Lipinski definition) is 12. The van der Waals surface area contributed by atoms with Crippen molar-refractivity contribution in [2.45, 2.75) is 25.7 Å². The van der Waals surface area contributed by atoms with Crippen LogP contribution in [0, 0.1) is 0 Å². The number of nitrogens with two attached hydrogens (primary N) is 1. The van der Waals surface area contributed by atoms with Gasteiger partial charge in [0, 0.05) is 31.3 Å². The predicted molar refractivity (Wildman–Crippen MR) is 169 cm³/mol. The van der Waals surface area contributed by atoms with Crippen LogP contribution in [0.15, 0.2) is 59.4 Å². The highest BCUT2D eigenvalue weighted by atomic mass is 19.4. The zero-order chi connectivity index (χ0) is 33.7. The van der Waals surface area contributed by atoms with E-state index in [9.17, 15) is 18.0 Å². The number of rotatable bonds is 12. The topological polar surface area (TPSA) is 171 Å². The standard InChI is InChI=1S/C31H31F3N8O5/c1-16(15-44-2)37-30-39-20(13-25(41-30)47-22-7-5-6-19-26(22)42-27(35)29(43)38-19)18-9-11-24(31(32,33)34)40-28(18)36-14-17-8-10-21(45-3)23(12-17)46-4/h5-13,16H,14-15H2,1-4H3,(H2,35,42)(H,36,40)(H,38,43)(H,37,39,41). The first-order chi connectivity index (χ1) is 22.5. The van der Waals surface area contributed by atoms with Crippen molar-refractivity contribution in [2.75, 3.05) is 44.3 Å². The van der Waals surface area contributed by atoms with Crippen LogP contribution in [0.2, 0.25) is 0 Å². The second-order valence-electron chi connectivity index (χ2n) is 10.3. The van der Waals surface area contributed by atoms with Gasteiger partial charge in [-0.05, 0) is 48.9 Å². The number of aromatic nitrogens is 5. The molecule has 5 N–H and O–H groups in total. The van der Waals surface area contributed by atoms with E-state index in [1.54, 1.807) is 36.4 Å². The molecule has 0 aliphatic heterocycles. The Morgan fingerprint density at radius 2 is 1.72 bits per heavy atom. The number of benzene rings is 2. The highest BCUT2D eigenvalue weighted by Gasteiger charge is 2.33. The zero-order valence-corrected chi connectivity index (χ0v) is 25.7. The van der Waals surface area contributed by atoms with Crippen LogP contribution in [-0.2, 0) is 17.5 Å². The van der Waals surface area contributed by atoms with Crippen molar-refractivity contribution >= 4 is 28.6 Å². The monoisotopic (exact) mass is 652 g/mol. The molecular formula is C31H31F3N8O5. The number of pyridine rings is 1. The molecule has 1 atom stereocenters. The highest BCUT2D eigenvalue weighted by Crippen LogP contribution is 2.36. The molecule has 16 heteroatoms. The molecule has 1 unspecified atom stereocenters. The van der Waals surface area contributed by atoms with Crippen molar-refractivity contribution in [2.24, 2.45) is 0 Å². The van der Waals surface area contributed by atoms with Crippen molar-refractivity contribution in [3.8, 4) is 34.4 Å². The van der Waals surface area contributed by atoms with Gasteiger partial charge in [-0.1, -0.05) is 12.1 Å². The number of halogens is 3. The lowest BCUT2D eigenvalue weighted by atomic mass is 10.1. The molecule has 0 spiro atoms. The van der Waals surface area contributed by atoms with E-state index in [-0.39, 0.29) is 58.6 Å². The summed E-state index contributed by atoms with van der Waals surface area (Å²) in [6.45, 7) is 2.24. The van der Waals surface area contributed by atoms with Crippen LogP contribution in [0.25, 0.3) is 22.3 Å². The van der Waals surface area contributed by atoms with Crippen LogP contribution >= 0.6 is 0 Å². The largest absolute Gasteiger partial charge is 0.493 e. The molecule has 0 fully saturated rings. The lowest BCUT2D eigenvalue weighted by Gasteiger charge is -2.17. The average Bonchev–Trinajstić information content (AvgIpc) is 3.04. The molecule has 5 aromatic rings. The smallest absolute Gasteiger partial charge is 0.433 e. The Morgan fingerprint density at radius 1 is 0.936 bits per heavy atom. The first-order valence-corrected chi connectivity index (χ1v) is 14.1. The van der Waals surface area contributed by atoms with Crippen LogP contribution in [0.1, 0.15) is 18.2 Å². The van der Waals surface area contributed by atoms with Crippen LogP contribution in [0.5, 0.6) is 23.1 Å². The molecule has 246 valence electrons. The molecule has 0 bridgehead atoms. The summed E-state index contributed by atoms with van der Waals surface area (Å²) in [4.78, 5) is 31.8. The predicted octanol–water partition coefficient (Wildman–Crippen LogP) is 5.24. The van der Waals surface area contributed by atoms with Crippen molar-refractivity contribution < 1.29 is 32.1 Å². The summed E-state index contributed by atoms with van der Waals surface area (Å²) >= 11 is 0. The Bertz CT molecular complexity index is 1950. The number of anilines is 3. The Hall–Kier alpha value is -5.64. The summed E-state index contributed by atoms with van der Waals surface area (Å²) in [5.74, 6) is 0.947. The van der Waals surface area contributed by atoms with Crippen LogP contribution < -0.4 is 36.1 Å². The SMILES string of the molecule is COCC(C)Nc1nc(Oc2cccc3[nH]c(=O)c(N)nc23)cc(-c2ccc(C(F)(F)F)nc2NCc2ccc(OC)c(OC)c2)n1. The fourth-order valence-corrected chi connectivity index (χ4v) is 4.62. The van der Waals surface area contributed by atoms with Gasteiger partial charge in [-0.2, -0.15) is 18.2 Å². The van der Waals surface area contributed by atoms with Crippen molar-refractivity contribution in [3.63, 3.8) is 0 Å². The molecule has 0 saturated heterocycles. The maximum Gasteiger partial charge on any atom is 0.433 e. The van der Waals surface area contributed by atoms with Gasteiger partial charge >= 0.3 is 6.18 Å². The first kappa shape index (κ1) is 32.7. The van der Waals surface area contributed by atoms with E-state index in [0.29, 0.717) is 29.2 Å². The van der Waals surface area contributed by atoms with Gasteiger partial charge in [0.25, 0.3) is 5.56 Å². The summed E-state index contributed by atoms with van der Waals surface area (Å²) in [5, 5.41) is 6.12. The number of aromatic amines is 1. The molecule has 0 radical (unpaired) electrons. The number of nitrogens with zero attached hydrogens (tertiary/aromatic N) is 4. The molecule has 0 aliphatic carbocycles. The van der Waals surface area contributed by atoms with Gasteiger partial charge in [0.15, 0.2) is 23.1 Å². The molecule has 13 nitrogen and oxygen atoms in total. The fraction of sp³-hybridized carbons (Fsp3) is 0.258. The summed E-state index contributed by atoms with van der Waals surface area (Å²) in [5.41, 5.74) is 5.86. The molecule has 0 amide bonds. The Kier molecular flexibility index (Phi) is 9.60. The number of hydrogen-bond donors (Lipinski definition) is 4. The van der Waals surface area contributed by atoms with E-state index in [2.05, 4.69) is 35.6 Å². The number of fused-ring (bicyclic) bond motifs is 1. The Labute approximate surface area is 266 Å². The highest BCUT2D eigenvalue weighted by molar-refractivity contribution is 5.82. The van der Waals surface area contributed by atoms with Crippen molar-refractivity contribution in [3.05, 3.63) is 76.2 Å². The van der Waals surface area contributed by atoms with E-state index in [1.165, 1.54) is 33.5 Å². The van der Waals surface area contributed by atoms with Gasteiger partial charge in [0.1, 0.15) is 17.0 Å². The summed E-state index contributed by atoms with van der Waals surface area (Å²) in [6, 6.07) is 13.4. The molecule has 0 saturated carbocycles. The summed E-state index contributed by atoms with van der Waals surface area (Å²) < 4.78 is 63.3. The maximum absolute atomic E-state index is 13.8. The van der Waals surface area contributed by atoms with Crippen molar-refractivity contribution in [1.29, 1.82) is 0 Å². The Morgan fingerprint density at radius 3 is 2.45 bits per heavy atom. The lowest BCUT2D eigenvalue weighted by Crippen LogP contribution is -2.22. The molecular weight excluding hydrogens is 621 g/mol. The second-order valence-corrected chi connectivity index (χ2v) is 10.3. The minimum absolute atomic E-state index is 0.0203. The number of nitrogen functional groups attached to an aromatic ring is 1. The minimum Gasteiger partial charge on any atom is -0.493 e. The number of methoxy groups -OCH3 is 3. The third-order valence-electron chi connectivity index (χ3n) is 6.79. The third kappa shape index (κ3) is 7.61. The van der Waals surface area contributed by atoms with E-state index in [1.807, 2.05) is 6.92 Å². The zero-order valence-electron chi connectivity index (χ0n) is 25.7. The van der Waals surface area contributed by atoms with Gasteiger partial charge in [0.2, 0.25) is 11.8 Å². The summed E-state index contributed by atoms with van der Waals surface area (Å²) in [7, 11) is 4.52. The molecule has 3 heterocycles. The minimum atomic E-state index is -4.70.